The predicted molar refractivity (Wildman–Crippen MR) is 65.2 cm³/mol. The molecule has 1 aromatic heterocycles. The van der Waals surface area contributed by atoms with Gasteiger partial charge in [-0.25, -0.2) is 0 Å². The third kappa shape index (κ3) is 2.85. The van der Waals surface area contributed by atoms with Crippen molar-refractivity contribution in [1.29, 1.82) is 0 Å². The summed E-state index contributed by atoms with van der Waals surface area (Å²) in [6.45, 7) is 3.02. The second kappa shape index (κ2) is 5.16. The number of carbonyl (C=O) groups excluding carboxylic acids is 1. The van der Waals surface area contributed by atoms with Crippen LogP contribution in [-0.2, 0) is 4.79 Å². The lowest BCUT2D eigenvalue weighted by molar-refractivity contribution is -0.138. The van der Waals surface area contributed by atoms with Gasteiger partial charge in [0.05, 0.1) is 5.56 Å². The van der Waals surface area contributed by atoms with Crippen molar-refractivity contribution in [3.05, 3.63) is 29.6 Å². The number of pyridine rings is 1. The lowest BCUT2D eigenvalue weighted by Crippen LogP contribution is -2.29. The maximum Gasteiger partial charge on any atom is 0.303 e. The Morgan fingerprint density at radius 3 is 2.89 bits per heavy atom. The fourth-order valence-corrected chi connectivity index (χ4v) is 2.21. The van der Waals surface area contributed by atoms with Gasteiger partial charge in [0.2, 0.25) is 0 Å². The minimum Gasteiger partial charge on any atom is -0.481 e. The molecule has 0 saturated carbocycles. The Morgan fingerprint density at radius 1 is 1.50 bits per heavy atom. The van der Waals surface area contributed by atoms with E-state index in [9.17, 15) is 9.59 Å². The monoisotopic (exact) mass is 248 g/mol. The van der Waals surface area contributed by atoms with Gasteiger partial charge < -0.3 is 10.0 Å². The number of likely N-dealkylation sites (tertiary alicyclic amines) is 1. The first kappa shape index (κ1) is 12.5. The highest BCUT2D eigenvalue weighted by atomic mass is 16.4. The van der Waals surface area contributed by atoms with Gasteiger partial charge in [0.25, 0.3) is 5.91 Å². The van der Waals surface area contributed by atoms with Crippen LogP contribution in [0.4, 0.5) is 0 Å². The van der Waals surface area contributed by atoms with Crippen LogP contribution in [0.5, 0.6) is 0 Å². The molecular weight excluding hydrogens is 232 g/mol. The molecular formula is C13H16N2O3. The summed E-state index contributed by atoms with van der Waals surface area (Å²) in [5.41, 5.74) is 1.44. The van der Waals surface area contributed by atoms with E-state index in [-0.39, 0.29) is 18.2 Å². The lowest BCUT2D eigenvalue weighted by atomic mass is 10.1. The van der Waals surface area contributed by atoms with Crippen molar-refractivity contribution in [2.45, 2.75) is 19.8 Å². The van der Waals surface area contributed by atoms with Gasteiger partial charge in [0.15, 0.2) is 0 Å². The van der Waals surface area contributed by atoms with Crippen LogP contribution in [-0.4, -0.2) is 40.0 Å². The molecule has 1 amide bonds. The molecule has 1 atom stereocenters. The minimum atomic E-state index is -0.800. The topological polar surface area (TPSA) is 70.5 Å². The Morgan fingerprint density at radius 2 is 2.28 bits per heavy atom. The third-order valence-corrected chi connectivity index (χ3v) is 3.19. The van der Waals surface area contributed by atoms with E-state index in [1.54, 1.807) is 23.2 Å². The van der Waals surface area contributed by atoms with E-state index in [1.807, 2.05) is 6.92 Å². The largest absolute Gasteiger partial charge is 0.481 e. The molecule has 2 heterocycles. The Bertz CT molecular complexity index is 456. The number of amides is 1. The van der Waals surface area contributed by atoms with Gasteiger partial charge in [-0.15, -0.1) is 0 Å². The average molecular weight is 248 g/mol. The highest BCUT2D eigenvalue weighted by Crippen LogP contribution is 2.21. The van der Waals surface area contributed by atoms with Gasteiger partial charge in [-0.05, 0) is 31.4 Å². The summed E-state index contributed by atoms with van der Waals surface area (Å²) in [4.78, 5) is 28.6. The van der Waals surface area contributed by atoms with Crippen molar-refractivity contribution in [1.82, 2.24) is 9.88 Å². The van der Waals surface area contributed by atoms with Crippen molar-refractivity contribution in [3.63, 3.8) is 0 Å². The zero-order chi connectivity index (χ0) is 13.1. The highest BCUT2D eigenvalue weighted by Gasteiger charge is 2.28. The predicted octanol–water partition coefficient (Wildman–Crippen LogP) is 1.33. The van der Waals surface area contributed by atoms with Crippen molar-refractivity contribution < 1.29 is 14.7 Å². The molecule has 96 valence electrons. The second-order valence-electron chi connectivity index (χ2n) is 4.69. The molecule has 0 bridgehead atoms. The summed E-state index contributed by atoms with van der Waals surface area (Å²) in [6.07, 6.45) is 2.47. The molecule has 1 fully saturated rings. The summed E-state index contributed by atoms with van der Waals surface area (Å²) in [5, 5.41) is 8.73. The molecule has 18 heavy (non-hydrogen) atoms. The molecule has 1 saturated heterocycles. The smallest absolute Gasteiger partial charge is 0.303 e. The van der Waals surface area contributed by atoms with Crippen LogP contribution >= 0.6 is 0 Å². The maximum atomic E-state index is 12.1. The molecule has 2 rings (SSSR count). The number of hydrogen-bond donors (Lipinski definition) is 1. The molecule has 0 aliphatic carbocycles. The number of aromatic nitrogens is 1. The quantitative estimate of drug-likeness (QED) is 0.876. The fraction of sp³-hybridized carbons (Fsp3) is 0.462. The molecule has 0 spiro atoms. The van der Waals surface area contributed by atoms with E-state index in [0.717, 1.165) is 12.1 Å². The number of nitrogens with zero attached hydrogens (tertiary/aromatic N) is 2. The van der Waals surface area contributed by atoms with E-state index in [0.29, 0.717) is 18.7 Å². The normalized spacial score (nSPS) is 18.9. The Hall–Kier alpha value is -1.91. The highest BCUT2D eigenvalue weighted by molar-refractivity contribution is 5.94. The summed E-state index contributed by atoms with van der Waals surface area (Å²) in [7, 11) is 0. The van der Waals surface area contributed by atoms with E-state index in [4.69, 9.17) is 5.11 Å². The van der Waals surface area contributed by atoms with Crippen molar-refractivity contribution in [2.24, 2.45) is 5.92 Å². The SMILES string of the molecule is Cc1ccc(C(=O)N2CCC(CC(=O)O)C2)cn1. The van der Waals surface area contributed by atoms with Crippen LogP contribution in [0, 0.1) is 12.8 Å². The summed E-state index contributed by atoms with van der Waals surface area (Å²) < 4.78 is 0. The van der Waals surface area contributed by atoms with Gasteiger partial charge in [-0.2, -0.15) is 0 Å². The van der Waals surface area contributed by atoms with Crippen molar-refractivity contribution >= 4 is 11.9 Å². The van der Waals surface area contributed by atoms with E-state index >= 15 is 0 Å². The van der Waals surface area contributed by atoms with E-state index < -0.39 is 5.97 Å². The minimum absolute atomic E-state index is 0.0598. The number of aryl methyl sites for hydroxylation is 1. The Kier molecular flexibility index (Phi) is 3.60. The molecule has 5 heteroatoms. The third-order valence-electron chi connectivity index (χ3n) is 3.19. The van der Waals surface area contributed by atoms with Crippen LogP contribution < -0.4 is 0 Å². The first-order chi connectivity index (χ1) is 8.56. The number of carboxylic acid groups (broad SMARTS) is 1. The maximum absolute atomic E-state index is 12.1. The second-order valence-corrected chi connectivity index (χ2v) is 4.69. The number of aliphatic carboxylic acids is 1. The fourth-order valence-electron chi connectivity index (χ4n) is 2.21. The standard InChI is InChI=1S/C13H16N2O3/c1-9-2-3-11(7-14-9)13(18)15-5-4-10(8-15)6-12(16)17/h2-3,7,10H,4-6,8H2,1H3,(H,16,17). The van der Waals surface area contributed by atoms with Crippen LogP contribution in [0.15, 0.2) is 18.3 Å². The number of carbonyl (C=O) groups is 2. The molecule has 5 nitrogen and oxygen atoms in total. The van der Waals surface area contributed by atoms with Crippen LogP contribution in [0.1, 0.15) is 28.9 Å². The van der Waals surface area contributed by atoms with Crippen LogP contribution in [0.2, 0.25) is 0 Å². The van der Waals surface area contributed by atoms with Crippen LogP contribution in [0.3, 0.4) is 0 Å². The molecule has 1 aromatic rings. The average Bonchev–Trinajstić information content (AvgIpc) is 2.76. The van der Waals surface area contributed by atoms with Gasteiger partial charge in [-0.3, -0.25) is 14.6 Å². The lowest BCUT2D eigenvalue weighted by Gasteiger charge is -2.16. The Labute approximate surface area is 105 Å². The van der Waals surface area contributed by atoms with Gasteiger partial charge in [0.1, 0.15) is 0 Å². The zero-order valence-corrected chi connectivity index (χ0v) is 10.3. The number of hydrogen-bond acceptors (Lipinski definition) is 3. The molecule has 1 aliphatic rings. The number of carboxylic acids is 1. The molecule has 1 N–H and O–H groups in total. The Balaban J connectivity index is 1.99. The van der Waals surface area contributed by atoms with E-state index in [2.05, 4.69) is 4.98 Å². The van der Waals surface area contributed by atoms with Crippen LogP contribution in [0.25, 0.3) is 0 Å². The molecule has 0 radical (unpaired) electrons. The van der Waals surface area contributed by atoms with Crippen molar-refractivity contribution in [3.8, 4) is 0 Å². The van der Waals surface area contributed by atoms with Gasteiger partial charge in [0, 0.05) is 31.4 Å². The molecule has 1 unspecified atom stereocenters. The zero-order valence-electron chi connectivity index (χ0n) is 10.3. The first-order valence-corrected chi connectivity index (χ1v) is 6.00. The van der Waals surface area contributed by atoms with E-state index in [1.165, 1.54) is 0 Å². The molecule has 1 aliphatic heterocycles. The van der Waals surface area contributed by atoms with Gasteiger partial charge >= 0.3 is 5.97 Å². The molecule has 0 aromatic carbocycles. The van der Waals surface area contributed by atoms with Gasteiger partial charge in [-0.1, -0.05) is 0 Å². The first-order valence-electron chi connectivity index (χ1n) is 6.00. The summed E-state index contributed by atoms with van der Waals surface area (Å²) >= 11 is 0. The summed E-state index contributed by atoms with van der Waals surface area (Å²) in [5.74, 6) is -0.786. The summed E-state index contributed by atoms with van der Waals surface area (Å²) in [6, 6.07) is 3.56. The number of rotatable bonds is 3. The van der Waals surface area contributed by atoms with Crippen molar-refractivity contribution in [2.75, 3.05) is 13.1 Å².